The number of primary sulfonamides is 1. The van der Waals surface area contributed by atoms with Crippen molar-refractivity contribution in [1.29, 1.82) is 0 Å². The summed E-state index contributed by atoms with van der Waals surface area (Å²) in [6, 6.07) is 7.46. The fraction of sp³-hybridized carbons (Fsp3) is 0.0769. The molecule has 1 heterocycles. The predicted molar refractivity (Wildman–Crippen MR) is 77.6 cm³/mol. The first kappa shape index (κ1) is 14.9. The molecule has 2 aromatic rings. The van der Waals surface area contributed by atoms with Crippen LogP contribution in [0, 0.1) is 0 Å². The summed E-state index contributed by atoms with van der Waals surface area (Å²) in [5, 5.41) is 7.68. The topological polar surface area (TPSA) is 128 Å². The van der Waals surface area contributed by atoms with Gasteiger partial charge in [0.25, 0.3) is 5.91 Å². The quantitative estimate of drug-likeness (QED) is 0.745. The lowest BCUT2D eigenvalue weighted by molar-refractivity contribution is 0.0951. The lowest BCUT2D eigenvalue weighted by Crippen LogP contribution is -2.24. The van der Waals surface area contributed by atoms with Crippen molar-refractivity contribution in [3.63, 3.8) is 0 Å². The van der Waals surface area contributed by atoms with Crippen molar-refractivity contribution in [3.05, 3.63) is 53.9 Å². The fourth-order valence-electron chi connectivity index (χ4n) is 1.67. The molecule has 0 radical (unpaired) electrons. The number of benzene rings is 1. The molecule has 0 aliphatic rings. The highest BCUT2D eigenvalue weighted by Crippen LogP contribution is 2.10. The zero-order chi connectivity index (χ0) is 15.5. The van der Waals surface area contributed by atoms with Gasteiger partial charge >= 0.3 is 0 Å². The van der Waals surface area contributed by atoms with Crippen molar-refractivity contribution in [3.8, 4) is 0 Å². The molecule has 0 atom stereocenters. The third-order valence-corrected chi connectivity index (χ3v) is 3.73. The molecule has 2 rings (SSSR count). The van der Waals surface area contributed by atoms with Gasteiger partial charge < -0.3 is 11.1 Å². The van der Waals surface area contributed by atoms with Crippen molar-refractivity contribution in [2.75, 3.05) is 5.73 Å². The highest BCUT2D eigenvalue weighted by molar-refractivity contribution is 7.89. The van der Waals surface area contributed by atoms with Gasteiger partial charge in [-0.2, -0.15) is 0 Å². The summed E-state index contributed by atoms with van der Waals surface area (Å²) in [6.45, 7) is 0.234. The molecule has 0 spiro atoms. The number of rotatable bonds is 4. The lowest BCUT2D eigenvalue weighted by atomic mass is 10.2. The Labute approximate surface area is 122 Å². The van der Waals surface area contributed by atoms with Crippen LogP contribution in [0.25, 0.3) is 0 Å². The summed E-state index contributed by atoms with van der Waals surface area (Å²) >= 11 is 0. The van der Waals surface area contributed by atoms with E-state index in [-0.39, 0.29) is 17.3 Å². The number of nitrogen functional groups attached to an aromatic ring is 1. The van der Waals surface area contributed by atoms with Gasteiger partial charge in [0.1, 0.15) is 0 Å². The lowest BCUT2D eigenvalue weighted by Gasteiger charge is -2.07. The third-order valence-electron chi connectivity index (χ3n) is 2.80. The molecule has 5 N–H and O–H groups in total. The number of hydrogen-bond donors (Lipinski definition) is 3. The van der Waals surface area contributed by atoms with Gasteiger partial charge in [-0.25, -0.2) is 13.6 Å². The second-order valence-electron chi connectivity index (χ2n) is 4.33. The maximum atomic E-state index is 11.9. The molecule has 110 valence electrons. The number of carbonyl (C=O) groups is 1. The minimum atomic E-state index is -3.71. The van der Waals surface area contributed by atoms with Gasteiger partial charge in [-0.15, -0.1) is 0 Å². The molecule has 1 aromatic carbocycles. The monoisotopic (exact) mass is 306 g/mol. The zero-order valence-electron chi connectivity index (χ0n) is 11.0. The Morgan fingerprint density at radius 2 is 1.86 bits per heavy atom. The summed E-state index contributed by atoms with van der Waals surface area (Å²) in [6.07, 6.45) is 2.88. The van der Waals surface area contributed by atoms with Gasteiger partial charge in [0.05, 0.1) is 10.5 Å². The maximum absolute atomic E-state index is 11.9. The maximum Gasteiger partial charge on any atom is 0.255 e. The molecule has 0 fully saturated rings. The summed E-state index contributed by atoms with van der Waals surface area (Å²) < 4.78 is 22.2. The Balaban J connectivity index is 2.04. The van der Waals surface area contributed by atoms with Crippen molar-refractivity contribution in [2.24, 2.45) is 5.14 Å². The molecule has 0 bridgehead atoms. The molecule has 21 heavy (non-hydrogen) atoms. The summed E-state index contributed by atoms with van der Waals surface area (Å²) in [4.78, 5) is 15.8. The number of hydrogen-bond acceptors (Lipinski definition) is 5. The molecule has 1 aromatic heterocycles. The highest BCUT2D eigenvalue weighted by atomic mass is 32.2. The van der Waals surface area contributed by atoms with Crippen molar-refractivity contribution >= 4 is 21.6 Å². The van der Waals surface area contributed by atoms with Crippen LogP contribution in [0.4, 0.5) is 5.69 Å². The molecule has 0 unspecified atom stereocenters. The van der Waals surface area contributed by atoms with E-state index in [9.17, 15) is 13.2 Å². The minimum absolute atomic E-state index is 0.0223. The van der Waals surface area contributed by atoms with E-state index in [0.29, 0.717) is 11.3 Å². The van der Waals surface area contributed by atoms with Crippen LogP contribution in [0.2, 0.25) is 0 Å². The zero-order valence-corrected chi connectivity index (χ0v) is 11.8. The largest absolute Gasteiger partial charge is 0.398 e. The number of amides is 1. The standard InChI is InChI=1S/C13H14N4O3S/c14-12-5-6-16-8-11(12)13(18)17-7-9-1-3-10(4-2-9)21(15,19)20/h1-6,8H,7H2,(H2,14,16)(H,17,18)(H2,15,19,20). The van der Waals surface area contributed by atoms with E-state index in [1.807, 2.05) is 0 Å². The first-order valence-corrected chi connectivity index (χ1v) is 7.52. The van der Waals surface area contributed by atoms with Gasteiger partial charge in [-0.3, -0.25) is 9.78 Å². The number of nitrogens with one attached hydrogen (secondary N) is 1. The van der Waals surface area contributed by atoms with Crippen LogP contribution in [0.1, 0.15) is 15.9 Å². The molecule has 0 aliphatic carbocycles. The van der Waals surface area contributed by atoms with E-state index in [0.717, 1.165) is 5.56 Å². The van der Waals surface area contributed by atoms with Crippen LogP contribution < -0.4 is 16.2 Å². The summed E-state index contributed by atoms with van der Waals surface area (Å²) in [5.41, 5.74) is 7.04. The van der Waals surface area contributed by atoms with Crippen LogP contribution in [0.3, 0.4) is 0 Å². The normalized spacial score (nSPS) is 11.1. The Morgan fingerprint density at radius 3 is 2.43 bits per heavy atom. The van der Waals surface area contributed by atoms with Gasteiger partial charge in [-0.05, 0) is 23.8 Å². The summed E-state index contributed by atoms with van der Waals surface area (Å²) in [7, 11) is -3.71. The number of sulfonamides is 1. The SMILES string of the molecule is Nc1ccncc1C(=O)NCc1ccc(S(N)(=O)=O)cc1. The van der Waals surface area contributed by atoms with Crippen molar-refractivity contribution in [2.45, 2.75) is 11.4 Å². The van der Waals surface area contributed by atoms with E-state index in [2.05, 4.69) is 10.3 Å². The van der Waals surface area contributed by atoms with Crippen LogP contribution in [-0.4, -0.2) is 19.3 Å². The van der Waals surface area contributed by atoms with E-state index in [4.69, 9.17) is 10.9 Å². The molecular weight excluding hydrogens is 292 g/mol. The average Bonchev–Trinajstić information content (AvgIpc) is 2.45. The number of nitrogens with zero attached hydrogens (tertiary/aromatic N) is 1. The third kappa shape index (κ3) is 3.77. The fourth-order valence-corrected chi connectivity index (χ4v) is 2.18. The second kappa shape index (κ2) is 5.90. The van der Waals surface area contributed by atoms with Crippen LogP contribution in [0.5, 0.6) is 0 Å². The van der Waals surface area contributed by atoms with Crippen LogP contribution in [0.15, 0.2) is 47.6 Å². The predicted octanol–water partition coefficient (Wildman–Crippen LogP) is 0.241. The Bertz CT molecular complexity index is 757. The van der Waals surface area contributed by atoms with Crippen LogP contribution >= 0.6 is 0 Å². The Morgan fingerprint density at radius 1 is 1.19 bits per heavy atom. The smallest absolute Gasteiger partial charge is 0.255 e. The molecule has 0 aliphatic heterocycles. The molecule has 8 heteroatoms. The number of aromatic nitrogens is 1. The van der Waals surface area contributed by atoms with E-state index < -0.39 is 10.0 Å². The first-order chi connectivity index (χ1) is 9.88. The van der Waals surface area contributed by atoms with Crippen LogP contribution in [-0.2, 0) is 16.6 Å². The first-order valence-electron chi connectivity index (χ1n) is 5.97. The summed E-state index contributed by atoms with van der Waals surface area (Å²) in [5.74, 6) is -0.351. The number of nitrogens with two attached hydrogens (primary N) is 2. The van der Waals surface area contributed by atoms with E-state index >= 15 is 0 Å². The highest BCUT2D eigenvalue weighted by Gasteiger charge is 2.10. The molecule has 1 amide bonds. The van der Waals surface area contributed by atoms with Gasteiger partial charge in [0.2, 0.25) is 10.0 Å². The number of anilines is 1. The molecule has 7 nitrogen and oxygen atoms in total. The molecule has 0 saturated heterocycles. The second-order valence-corrected chi connectivity index (χ2v) is 5.90. The molecule has 0 saturated carbocycles. The van der Waals surface area contributed by atoms with Crippen molar-refractivity contribution < 1.29 is 13.2 Å². The van der Waals surface area contributed by atoms with E-state index in [1.54, 1.807) is 12.1 Å². The number of carbonyl (C=O) groups excluding carboxylic acids is 1. The Kier molecular flexibility index (Phi) is 4.20. The van der Waals surface area contributed by atoms with Gasteiger partial charge in [0, 0.05) is 24.6 Å². The number of pyridine rings is 1. The van der Waals surface area contributed by atoms with Gasteiger partial charge in [-0.1, -0.05) is 12.1 Å². The van der Waals surface area contributed by atoms with E-state index in [1.165, 1.54) is 30.6 Å². The minimum Gasteiger partial charge on any atom is -0.398 e. The molecular formula is C13H14N4O3S. The van der Waals surface area contributed by atoms with Gasteiger partial charge in [0.15, 0.2) is 0 Å². The average molecular weight is 306 g/mol. The Hall–Kier alpha value is -2.45. The van der Waals surface area contributed by atoms with Crippen molar-refractivity contribution in [1.82, 2.24) is 10.3 Å².